The van der Waals surface area contributed by atoms with Crippen molar-refractivity contribution in [3.05, 3.63) is 11.1 Å². The number of hydrogen-bond donors (Lipinski definition) is 5. The summed E-state index contributed by atoms with van der Waals surface area (Å²) in [6, 6.07) is 0. The molecular weight excluding hydrogens is 344 g/mol. The number of hydrazine groups is 1. The molecule has 0 saturated heterocycles. The molecule has 1 heterocycles. The Balaban J connectivity index is 2.54. The first-order valence-corrected chi connectivity index (χ1v) is 7.36. The summed E-state index contributed by atoms with van der Waals surface area (Å²) in [5.74, 6) is -1.87. The van der Waals surface area contributed by atoms with Crippen LogP contribution in [0.5, 0.6) is 0 Å². The van der Waals surface area contributed by atoms with Gasteiger partial charge < -0.3 is 15.5 Å². The topological polar surface area (TPSA) is 189 Å². The van der Waals surface area contributed by atoms with E-state index in [9.17, 15) is 24.0 Å². The molecule has 0 aliphatic carbocycles. The predicted octanol–water partition coefficient (Wildman–Crippen LogP) is -0.790. The van der Waals surface area contributed by atoms with Gasteiger partial charge in [-0.05, 0) is 0 Å². The molecule has 6 N–H and O–H groups in total. The molecular formula is C12H14N4O7S. The van der Waals surface area contributed by atoms with Crippen LogP contribution in [0.15, 0.2) is 5.38 Å². The van der Waals surface area contributed by atoms with E-state index in [-0.39, 0.29) is 17.2 Å². The summed E-state index contributed by atoms with van der Waals surface area (Å²) in [7, 11) is 0. The minimum absolute atomic E-state index is 0.00118. The van der Waals surface area contributed by atoms with Crippen molar-refractivity contribution in [1.82, 2.24) is 10.4 Å². The van der Waals surface area contributed by atoms with Crippen LogP contribution >= 0.6 is 11.3 Å². The van der Waals surface area contributed by atoms with Gasteiger partial charge in [-0.25, -0.2) is 10.8 Å². The molecule has 130 valence electrons. The molecule has 11 nitrogen and oxygen atoms in total. The monoisotopic (exact) mass is 358 g/mol. The zero-order chi connectivity index (χ0) is 18.3. The van der Waals surface area contributed by atoms with Crippen LogP contribution < -0.4 is 16.6 Å². The van der Waals surface area contributed by atoms with Crippen LogP contribution in [-0.4, -0.2) is 44.7 Å². The number of carboxylic acid groups (broad SMARTS) is 2. The van der Waals surface area contributed by atoms with Gasteiger partial charge in [0.15, 0.2) is 5.13 Å². The molecule has 1 unspecified atom stereocenters. The SMILES string of the molecule is NNC(=O)c1csc(NC(=O)CCC(=O)C(CC(=O)O)C(=O)O)n1. The number of rotatable bonds is 9. The molecule has 1 aromatic heterocycles. The molecule has 2 amide bonds. The van der Waals surface area contributed by atoms with Gasteiger partial charge in [-0.2, -0.15) is 0 Å². The second-order valence-electron chi connectivity index (χ2n) is 4.51. The van der Waals surface area contributed by atoms with Crippen LogP contribution in [0.4, 0.5) is 5.13 Å². The zero-order valence-corrected chi connectivity index (χ0v) is 13.0. The number of hydrogen-bond acceptors (Lipinski definition) is 8. The third kappa shape index (κ3) is 5.73. The summed E-state index contributed by atoms with van der Waals surface area (Å²) >= 11 is 0.959. The van der Waals surface area contributed by atoms with Crippen molar-refractivity contribution in [2.24, 2.45) is 11.8 Å². The molecule has 0 aliphatic heterocycles. The minimum atomic E-state index is -1.70. The van der Waals surface area contributed by atoms with Crippen LogP contribution in [-0.2, 0) is 19.2 Å². The molecule has 0 aliphatic rings. The number of nitrogens with one attached hydrogen (secondary N) is 2. The number of nitrogen functional groups attached to an aromatic ring is 1. The fraction of sp³-hybridized carbons (Fsp3) is 0.333. The largest absolute Gasteiger partial charge is 0.481 e. The van der Waals surface area contributed by atoms with Gasteiger partial charge in [-0.3, -0.25) is 29.4 Å². The van der Waals surface area contributed by atoms with Gasteiger partial charge in [-0.1, -0.05) is 0 Å². The van der Waals surface area contributed by atoms with Crippen LogP contribution in [0.2, 0.25) is 0 Å². The molecule has 0 aromatic carbocycles. The molecule has 0 spiro atoms. The maximum absolute atomic E-state index is 11.7. The van der Waals surface area contributed by atoms with Crippen LogP contribution in [0.1, 0.15) is 29.8 Å². The van der Waals surface area contributed by atoms with Crippen molar-refractivity contribution < 1.29 is 34.2 Å². The van der Waals surface area contributed by atoms with Gasteiger partial charge in [0.25, 0.3) is 5.91 Å². The van der Waals surface area contributed by atoms with Crippen LogP contribution in [0, 0.1) is 5.92 Å². The molecule has 0 radical (unpaired) electrons. The number of carbonyl (C=O) groups is 5. The zero-order valence-electron chi connectivity index (χ0n) is 12.1. The van der Waals surface area contributed by atoms with Crippen molar-refractivity contribution >= 4 is 46.0 Å². The first kappa shape index (κ1) is 19.2. The highest BCUT2D eigenvalue weighted by Gasteiger charge is 2.28. The fourth-order valence-corrected chi connectivity index (χ4v) is 2.32. The molecule has 0 fully saturated rings. The molecule has 1 aromatic rings. The summed E-state index contributed by atoms with van der Waals surface area (Å²) < 4.78 is 0. The van der Waals surface area contributed by atoms with Crippen molar-refractivity contribution in [2.45, 2.75) is 19.3 Å². The van der Waals surface area contributed by atoms with Gasteiger partial charge >= 0.3 is 11.9 Å². The number of carbonyl (C=O) groups excluding carboxylic acids is 3. The second kappa shape index (κ2) is 8.69. The van der Waals surface area contributed by atoms with E-state index in [1.54, 1.807) is 0 Å². The van der Waals surface area contributed by atoms with E-state index >= 15 is 0 Å². The molecule has 12 heteroatoms. The first-order valence-electron chi connectivity index (χ1n) is 6.48. The van der Waals surface area contributed by atoms with Gasteiger partial charge in [-0.15, -0.1) is 11.3 Å². The van der Waals surface area contributed by atoms with Gasteiger partial charge in [0.1, 0.15) is 17.4 Å². The van der Waals surface area contributed by atoms with E-state index in [2.05, 4.69) is 10.3 Å². The number of aromatic nitrogens is 1. The molecule has 1 atom stereocenters. The number of amides is 2. The van der Waals surface area contributed by atoms with Crippen LogP contribution in [0.3, 0.4) is 0 Å². The first-order chi connectivity index (χ1) is 11.2. The number of nitrogens with zero attached hydrogens (tertiary/aromatic N) is 1. The van der Waals surface area contributed by atoms with Crippen LogP contribution in [0.25, 0.3) is 0 Å². The van der Waals surface area contributed by atoms with Crippen molar-refractivity contribution in [3.63, 3.8) is 0 Å². The molecule has 24 heavy (non-hydrogen) atoms. The predicted molar refractivity (Wildman–Crippen MR) is 80.0 cm³/mol. The van der Waals surface area contributed by atoms with E-state index < -0.39 is 48.3 Å². The Bertz CT molecular complexity index is 672. The van der Waals surface area contributed by atoms with Gasteiger partial charge in [0, 0.05) is 18.2 Å². The summed E-state index contributed by atoms with van der Waals surface area (Å²) in [4.78, 5) is 59.8. The smallest absolute Gasteiger partial charge is 0.314 e. The lowest BCUT2D eigenvalue weighted by Gasteiger charge is -2.08. The third-order valence-electron chi connectivity index (χ3n) is 2.78. The Kier molecular flexibility index (Phi) is 6.95. The summed E-state index contributed by atoms with van der Waals surface area (Å²) in [5.41, 5.74) is 1.87. The maximum Gasteiger partial charge on any atom is 0.314 e. The number of carboxylic acids is 2. The van der Waals surface area contributed by atoms with E-state index in [1.807, 2.05) is 5.43 Å². The summed E-state index contributed by atoms with van der Waals surface area (Å²) in [5, 5.41) is 21.2. The highest BCUT2D eigenvalue weighted by Crippen LogP contribution is 2.16. The average molecular weight is 358 g/mol. The number of Topliss-reactive ketones (excluding diaryl/α,β-unsaturated/α-hetero) is 1. The Labute approximate surface area is 138 Å². The Morgan fingerprint density at radius 1 is 1.21 bits per heavy atom. The second-order valence-corrected chi connectivity index (χ2v) is 5.37. The number of nitrogens with two attached hydrogens (primary N) is 1. The highest BCUT2D eigenvalue weighted by atomic mass is 32.1. The molecule has 0 bridgehead atoms. The average Bonchev–Trinajstić information content (AvgIpc) is 2.97. The Morgan fingerprint density at radius 3 is 2.42 bits per heavy atom. The lowest BCUT2D eigenvalue weighted by Crippen LogP contribution is -2.30. The number of aliphatic carboxylic acids is 2. The minimum Gasteiger partial charge on any atom is -0.481 e. The number of anilines is 1. The van der Waals surface area contributed by atoms with E-state index in [1.165, 1.54) is 5.38 Å². The summed E-state index contributed by atoms with van der Waals surface area (Å²) in [6.45, 7) is 0. The lowest BCUT2D eigenvalue weighted by atomic mass is 9.97. The number of thiazole rings is 1. The highest BCUT2D eigenvalue weighted by molar-refractivity contribution is 7.14. The van der Waals surface area contributed by atoms with Crippen molar-refractivity contribution in [3.8, 4) is 0 Å². The van der Waals surface area contributed by atoms with Gasteiger partial charge in [0.05, 0.1) is 6.42 Å². The lowest BCUT2D eigenvalue weighted by molar-refractivity contribution is -0.152. The number of ketones is 1. The fourth-order valence-electron chi connectivity index (χ4n) is 1.62. The summed E-state index contributed by atoms with van der Waals surface area (Å²) in [6.07, 6.45) is -1.63. The van der Waals surface area contributed by atoms with Crippen molar-refractivity contribution in [1.29, 1.82) is 0 Å². The molecule has 1 rings (SSSR count). The third-order valence-corrected chi connectivity index (χ3v) is 3.54. The normalized spacial score (nSPS) is 11.4. The van der Waals surface area contributed by atoms with E-state index in [4.69, 9.17) is 16.1 Å². The molecule has 0 saturated carbocycles. The van der Waals surface area contributed by atoms with Gasteiger partial charge in [0.2, 0.25) is 5.91 Å². The standard InChI is InChI=1S/C12H14N4O7S/c13-16-10(21)6-4-24-12(14-6)15-8(18)2-1-7(17)5(11(22)23)3-9(19)20/h4-5H,1-3,13H2,(H,16,21)(H,19,20)(H,22,23)(H,14,15,18). The Hall–Kier alpha value is -2.86. The Morgan fingerprint density at radius 2 is 1.88 bits per heavy atom. The quantitative estimate of drug-likeness (QED) is 0.163. The van der Waals surface area contributed by atoms with E-state index in [0.717, 1.165) is 11.3 Å². The maximum atomic E-state index is 11.7. The van der Waals surface area contributed by atoms with E-state index in [0.29, 0.717) is 0 Å². The van der Waals surface area contributed by atoms with Crippen molar-refractivity contribution in [2.75, 3.05) is 5.32 Å².